The summed E-state index contributed by atoms with van der Waals surface area (Å²) in [5, 5.41) is 0. The molecule has 0 spiro atoms. The van der Waals surface area contributed by atoms with Crippen LogP contribution in [0.4, 0.5) is 0 Å². The van der Waals surface area contributed by atoms with E-state index in [9.17, 15) is 4.79 Å². The van der Waals surface area contributed by atoms with Gasteiger partial charge in [-0.3, -0.25) is 4.79 Å². The molecule has 0 bridgehead atoms. The number of rotatable bonds is 2. The number of likely N-dealkylation sites (tertiary alicyclic amines) is 1. The smallest absolute Gasteiger partial charge is 0.222 e. The molecule has 2 fully saturated rings. The second-order valence-electron chi connectivity index (χ2n) is 6.06. The Morgan fingerprint density at radius 2 is 1.56 bits per heavy atom. The molecule has 1 amide bonds. The predicted molar refractivity (Wildman–Crippen MR) is 74.2 cm³/mol. The van der Waals surface area contributed by atoms with Crippen LogP contribution in [0.2, 0.25) is 0 Å². The number of nitrogens with two attached hydrogens (primary N) is 1. The monoisotopic (exact) mass is 252 g/mol. The van der Waals surface area contributed by atoms with E-state index in [1.54, 1.807) is 0 Å². The van der Waals surface area contributed by atoms with Crippen molar-refractivity contribution in [2.45, 2.75) is 70.3 Å². The average Bonchev–Trinajstić information content (AvgIpc) is 2.31. The van der Waals surface area contributed by atoms with E-state index >= 15 is 0 Å². The molecule has 1 saturated heterocycles. The summed E-state index contributed by atoms with van der Waals surface area (Å²) in [5.41, 5.74) is 6.14. The first-order valence-corrected chi connectivity index (χ1v) is 7.81. The van der Waals surface area contributed by atoms with Crippen LogP contribution in [0, 0.1) is 5.92 Å². The van der Waals surface area contributed by atoms with Gasteiger partial charge in [0.2, 0.25) is 5.91 Å². The molecule has 2 rings (SSSR count). The van der Waals surface area contributed by atoms with Gasteiger partial charge in [-0.25, -0.2) is 0 Å². The Balaban J connectivity index is 1.81. The molecule has 0 radical (unpaired) electrons. The largest absolute Gasteiger partial charge is 0.343 e. The number of hydrogen-bond acceptors (Lipinski definition) is 2. The lowest BCUT2D eigenvalue weighted by molar-refractivity contribution is -0.133. The van der Waals surface area contributed by atoms with Gasteiger partial charge in [0.05, 0.1) is 0 Å². The lowest BCUT2D eigenvalue weighted by atomic mass is 9.82. The average molecular weight is 252 g/mol. The molecular weight excluding hydrogens is 224 g/mol. The summed E-state index contributed by atoms with van der Waals surface area (Å²) in [5.74, 6) is 0.802. The molecule has 2 N–H and O–H groups in total. The number of hydrogen-bond donors (Lipinski definition) is 1. The molecule has 2 atom stereocenters. The fraction of sp³-hybridized carbons (Fsp3) is 0.933. The van der Waals surface area contributed by atoms with Crippen molar-refractivity contribution in [3.8, 4) is 0 Å². The van der Waals surface area contributed by atoms with Crippen molar-refractivity contribution >= 4 is 5.91 Å². The molecule has 0 aromatic carbocycles. The molecule has 0 aromatic rings. The SMILES string of the molecule is NC1CCCCC1CC(=O)N1CCCCCCC1. The number of carbonyl (C=O) groups excluding carboxylic acids is 1. The van der Waals surface area contributed by atoms with Crippen LogP contribution in [-0.2, 0) is 4.79 Å². The second kappa shape index (κ2) is 7.13. The molecule has 1 saturated carbocycles. The first-order chi connectivity index (χ1) is 8.77. The summed E-state index contributed by atoms with van der Waals surface area (Å²) in [6, 6.07) is 0.262. The molecule has 1 heterocycles. The van der Waals surface area contributed by atoms with E-state index < -0.39 is 0 Å². The molecule has 3 heteroatoms. The maximum atomic E-state index is 12.3. The van der Waals surface area contributed by atoms with Crippen molar-refractivity contribution in [1.29, 1.82) is 0 Å². The van der Waals surface area contributed by atoms with Crippen molar-refractivity contribution in [2.75, 3.05) is 13.1 Å². The Morgan fingerprint density at radius 3 is 2.22 bits per heavy atom. The van der Waals surface area contributed by atoms with Gasteiger partial charge in [0.1, 0.15) is 0 Å². The van der Waals surface area contributed by atoms with E-state index in [0.717, 1.165) is 25.9 Å². The molecule has 1 aliphatic heterocycles. The third-order valence-electron chi connectivity index (χ3n) is 4.61. The fourth-order valence-corrected chi connectivity index (χ4v) is 3.34. The molecule has 0 aromatic heterocycles. The highest BCUT2D eigenvalue weighted by Gasteiger charge is 2.26. The van der Waals surface area contributed by atoms with Crippen molar-refractivity contribution in [3.05, 3.63) is 0 Å². The molecule has 2 unspecified atom stereocenters. The lowest BCUT2D eigenvalue weighted by Gasteiger charge is -2.31. The fourth-order valence-electron chi connectivity index (χ4n) is 3.34. The van der Waals surface area contributed by atoms with Crippen molar-refractivity contribution in [3.63, 3.8) is 0 Å². The second-order valence-corrected chi connectivity index (χ2v) is 6.06. The summed E-state index contributed by atoms with van der Waals surface area (Å²) in [6.07, 6.45) is 11.7. The van der Waals surface area contributed by atoms with Gasteiger partial charge < -0.3 is 10.6 Å². The topological polar surface area (TPSA) is 46.3 Å². The van der Waals surface area contributed by atoms with E-state index in [1.165, 1.54) is 44.9 Å². The lowest BCUT2D eigenvalue weighted by Crippen LogP contribution is -2.40. The zero-order valence-electron chi connectivity index (χ0n) is 11.6. The van der Waals surface area contributed by atoms with Crippen LogP contribution in [0.25, 0.3) is 0 Å². The molecular formula is C15H28N2O. The van der Waals surface area contributed by atoms with Crippen LogP contribution in [-0.4, -0.2) is 29.9 Å². The highest BCUT2D eigenvalue weighted by molar-refractivity contribution is 5.76. The van der Waals surface area contributed by atoms with Crippen LogP contribution < -0.4 is 5.73 Å². The van der Waals surface area contributed by atoms with Crippen LogP contribution >= 0.6 is 0 Å². The van der Waals surface area contributed by atoms with Gasteiger partial charge in [-0.2, -0.15) is 0 Å². The third kappa shape index (κ3) is 3.98. The summed E-state index contributed by atoms with van der Waals surface area (Å²) in [4.78, 5) is 14.4. The quantitative estimate of drug-likeness (QED) is 0.821. The Kier molecular flexibility index (Phi) is 5.48. The molecule has 18 heavy (non-hydrogen) atoms. The summed E-state index contributed by atoms with van der Waals surface area (Å²) in [7, 11) is 0. The van der Waals surface area contributed by atoms with E-state index in [-0.39, 0.29) is 6.04 Å². The number of amides is 1. The van der Waals surface area contributed by atoms with Crippen LogP contribution in [0.15, 0.2) is 0 Å². The molecule has 1 aliphatic carbocycles. The van der Waals surface area contributed by atoms with Gasteiger partial charge in [0.15, 0.2) is 0 Å². The van der Waals surface area contributed by atoms with Gasteiger partial charge >= 0.3 is 0 Å². The Bertz CT molecular complexity index is 259. The van der Waals surface area contributed by atoms with Gasteiger partial charge in [-0.05, 0) is 31.6 Å². The third-order valence-corrected chi connectivity index (χ3v) is 4.61. The Morgan fingerprint density at radius 1 is 0.944 bits per heavy atom. The first kappa shape index (κ1) is 13.9. The van der Waals surface area contributed by atoms with Crippen LogP contribution in [0.5, 0.6) is 0 Å². The maximum absolute atomic E-state index is 12.3. The van der Waals surface area contributed by atoms with E-state index in [2.05, 4.69) is 4.90 Å². The Hall–Kier alpha value is -0.570. The van der Waals surface area contributed by atoms with Crippen molar-refractivity contribution < 1.29 is 4.79 Å². The van der Waals surface area contributed by atoms with Gasteiger partial charge in [0.25, 0.3) is 0 Å². The summed E-state index contributed by atoms with van der Waals surface area (Å²) in [6.45, 7) is 1.95. The van der Waals surface area contributed by atoms with Gasteiger partial charge in [-0.15, -0.1) is 0 Å². The van der Waals surface area contributed by atoms with E-state index in [1.807, 2.05) is 0 Å². The summed E-state index contributed by atoms with van der Waals surface area (Å²) >= 11 is 0. The van der Waals surface area contributed by atoms with E-state index in [4.69, 9.17) is 5.73 Å². The van der Waals surface area contributed by atoms with Crippen molar-refractivity contribution in [2.24, 2.45) is 11.7 Å². The highest BCUT2D eigenvalue weighted by Crippen LogP contribution is 2.26. The zero-order chi connectivity index (χ0) is 12.8. The van der Waals surface area contributed by atoms with E-state index in [0.29, 0.717) is 18.2 Å². The number of nitrogens with zero attached hydrogens (tertiary/aromatic N) is 1. The maximum Gasteiger partial charge on any atom is 0.222 e. The normalized spacial score (nSPS) is 30.6. The minimum absolute atomic E-state index is 0.262. The van der Waals surface area contributed by atoms with Crippen LogP contribution in [0.3, 0.4) is 0 Å². The first-order valence-electron chi connectivity index (χ1n) is 7.81. The molecule has 3 nitrogen and oxygen atoms in total. The van der Waals surface area contributed by atoms with Gasteiger partial charge in [-0.1, -0.05) is 32.1 Å². The predicted octanol–water partition coefficient (Wildman–Crippen LogP) is 2.69. The molecule has 104 valence electrons. The summed E-state index contributed by atoms with van der Waals surface area (Å²) < 4.78 is 0. The van der Waals surface area contributed by atoms with Crippen LogP contribution in [0.1, 0.15) is 64.2 Å². The minimum atomic E-state index is 0.262. The standard InChI is InChI=1S/C15H28N2O/c16-14-9-5-4-8-13(14)12-15(18)17-10-6-2-1-3-7-11-17/h13-14H,1-12,16H2. The van der Waals surface area contributed by atoms with Gasteiger partial charge in [0, 0.05) is 25.6 Å². The zero-order valence-corrected chi connectivity index (χ0v) is 11.6. The molecule has 2 aliphatic rings. The Labute approximate surface area is 111 Å². The minimum Gasteiger partial charge on any atom is -0.343 e. The number of carbonyl (C=O) groups is 1. The highest BCUT2D eigenvalue weighted by atomic mass is 16.2. The van der Waals surface area contributed by atoms with Crippen molar-refractivity contribution in [1.82, 2.24) is 4.90 Å².